The molecule has 120 valence electrons. The Hall–Kier alpha value is -1.61. The third-order valence-corrected chi connectivity index (χ3v) is 4.01. The Kier molecular flexibility index (Phi) is 6.20. The lowest BCUT2D eigenvalue weighted by Crippen LogP contribution is -2.43. The summed E-state index contributed by atoms with van der Waals surface area (Å²) in [6.45, 7) is 4.61. The molecule has 0 saturated heterocycles. The van der Waals surface area contributed by atoms with Crippen molar-refractivity contribution in [3.63, 3.8) is 0 Å². The largest absolute Gasteiger partial charge is 0.455 e. The van der Waals surface area contributed by atoms with Crippen LogP contribution in [0.4, 0.5) is 0 Å². The molecule has 1 aliphatic carbocycles. The maximum Gasteiger partial charge on any atom is 0.331 e. The first-order valence-corrected chi connectivity index (χ1v) is 8.25. The number of hydrogen-bond acceptors (Lipinski definition) is 3. The van der Waals surface area contributed by atoms with Crippen LogP contribution in [0.2, 0.25) is 0 Å². The quantitative estimate of drug-likeness (QED) is 0.639. The fraction of sp³-hybridized carbons (Fsp3) is 0.526. The van der Waals surface area contributed by atoms with Crippen LogP contribution in [0.1, 0.15) is 51.5 Å². The van der Waals surface area contributed by atoms with Gasteiger partial charge in [-0.1, -0.05) is 49.6 Å². The van der Waals surface area contributed by atoms with E-state index in [0.717, 1.165) is 5.56 Å². The lowest BCUT2D eigenvalue weighted by molar-refractivity contribution is -0.149. The number of nitrogens with one attached hydrogen (secondary N) is 1. The average Bonchev–Trinajstić information content (AvgIpc) is 2.53. The van der Waals surface area contributed by atoms with Crippen molar-refractivity contribution in [2.45, 2.75) is 57.6 Å². The number of rotatable bonds is 6. The first kappa shape index (κ1) is 16.8. The van der Waals surface area contributed by atoms with E-state index in [-0.39, 0.29) is 5.97 Å². The SMILES string of the molecule is CC(C)(CNC1CCCCC1)OC(=O)/C=C\c1ccccc1. The summed E-state index contributed by atoms with van der Waals surface area (Å²) in [6.07, 6.45) is 9.71. The summed E-state index contributed by atoms with van der Waals surface area (Å²) in [7, 11) is 0. The number of ether oxygens (including phenoxy) is 1. The van der Waals surface area contributed by atoms with Crippen molar-refractivity contribution in [1.82, 2.24) is 5.32 Å². The molecule has 22 heavy (non-hydrogen) atoms. The molecule has 0 heterocycles. The number of esters is 1. The van der Waals surface area contributed by atoms with Gasteiger partial charge in [0.25, 0.3) is 0 Å². The van der Waals surface area contributed by atoms with Crippen LogP contribution in [-0.4, -0.2) is 24.2 Å². The van der Waals surface area contributed by atoms with Crippen LogP contribution in [0.3, 0.4) is 0 Å². The molecule has 1 saturated carbocycles. The topological polar surface area (TPSA) is 38.3 Å². The predicted molar refractivity (Wildman–Crippen MR) is 90.5 cm³/mol. The van der Waals surface area contributed by atoms with Gasteiger partial charge in [-0.25, -0.2) is 4.79 Å². The van der Waals surface area contributed by atoms with Gasteiger partial charge in [-0.3, -0.25) is 0 Å². The Bertz CT molecular complexity index is 487. The summed E-state index contributed by atoms with van der Waals surface area (Å²) in [5.74, 6) is -0.292. The smallest absolute Gasteiger partial charge is 0.331 e. The number of carbonyl (C=O) groups is 1. The van der Waals surface area contributed by atoms with Crippen molar-refractivity contribution < 1.29 is 9.53 Å². The second-order valence-electron chi connectivity index (χ2n) is 6.64. The monoisotopic (exact) mass is 301 g/mol. The second-order valence-corrected chi connectivity index (χ2v) is 6.64. The van der Waals surface area contributed by atoms with Crippen LogP contribution >= 0.6 is 0 Å². The zero-order valence-electron chi connectivity index (χ0n) is 13.7. The highest BCUT2D eigenvalue weighted by Gasteiger charge is 2.23. The second kappa shape index (κ2) is 8.14. The zero-order chi connectivity index (χ0) is 15.8. The van der Waals surface area contributed by atoms with E-state index in [9.17, 15) is 4.79 Å². The standard InChI is InChI=1S/C19H27NO2/c1-19(2,15-20-17-11-7-4-8-12-17)22-18(21)14-13-16-9-5-3-6-10-16/h3,5-6,9-10,13-14,17,20H,4,7-8,11-12,15H2,1-2H3/b14-13-. The molecule has 1 fully saturated rings. The molecular weight excluding hydrogens is 274 g/mol. The molecule has 0 amide bonds. The van der Waals surface area contributed by atoms with E-state index in [4.69, 9.17) is 4.74 Å². The first-order chi connectivity index (χ1) is 10.6. The molecule has 1 aromatic rings. The van der Waals surface area contributed by atoms with E-state index in [1.54, 1.807) is 6.08 Å². The molecular formula is C19H27NO2. The molecule has 0 aromatic heterocycles. The van der Waals surface area contributed by atoms with Crippen molar-refractivity contribution in [3.8, 4) is 0 Å². The van der Waals surface area contributed by atoms with Gasteiger partial charge in [0.15, 0.2) is 0 Å². The third kappa shape index (κ3) is 6.02. The molecule has 0 aliphatic heterocycles. The van der Waals surface area contributed by atoms with Crippen LogP contribution < -0.4 is 5.32 Å². The van der Waals surface area contributed by atoms with Gasteiger partial charge in [-0.15, -0.1) is 0 Å². The summed E-state index contributed by atoms with van der Waals surface area (Å²) in [5.41, 5.74) is 0.507. The van der Waals surface area contributed by atoms with Crippen molar-refractivity contribution in [2.75, 3.05) is 6.54 Å². The lowest BCUT2D eigenvalue weighted by atomic mass is 9.95. The molecule has 3 nitrogen and oxygen atoms in total. The zero-order valence-corrected chi connectivity index (χ0v) is 13.7. The molecule has 0 unspecified atom stereocenters. The van der Waals surface area contributed by atoms with E-state index >= 15 is 0 Å². The van der Waals surface area contributed by atoms with Gasteiger partial charge in [-0.2, -0.15) is 0 Å². The van der Waals surface area contributed by atoms with Crippen LogP contribution in [-0.2, 0) is 9.53 Å². The molecule has 2 rings (SSSR count). The van der Waals surface area contributed by atoms with E-state index in [2.05, 4.69) is 5.32 Å². The van der Waals surface area contributed by atoms with Crippen LogP contribution in [0.15, 0.2) is 36.4 Å². The van der Waals surface area contributed by atoms with E-state index < -0.39 is 5.60 Å². The highest BCUT2D eigenvalue weighted by Crippen LogP contribution is 2.18. The third-order valence-electron chi connectivity index (χ3n) is 4.01. The maximum absolute atomic E-state index is 11.9. The van der Waals surface area contributed by atoms with Gasteiger partial charge < -0.3 is 10.1 Å². The number of carbonyl (C=O) groups excluding carboxylic acids is 1. The number of benzene rings is 1. The van der Waals surface area contributed by atoms with Crippen molar-refractivity contribution >= 4 is 12.0 Å². The summed E-state index contributed by atoms with van der Waals surface area (Å²) >= 11 is 0. The minimum atomic E-state index is -0.491. The van der Waals surface area contributed by atoms with Crippen LogP contribution in [0.5, 0.6) is 0 Å². The van der Waals surface area contributed by atoms with Crippen molar-refractivity contribution in [1.29, 1.82) is 0 Å². The normalized spacial score (nSPS) is 16.8. The minimum absolute atomic E-state index is 0.292. The van der Waals surface area contributed by atoms with E-state index in [1.165, 1.54) is 38.2 Å². The highest BCUT2D eigenvalue weighted by atomic mass is 16.6. The van der Waals surface area contributed by atoms with Gasteiger partial charge in [0.2, 0.25) is 0 Å². The summed E-state index contributed by atoms with van der Waals surface area (Å²) in [4.78, 5) is 11.9. The Morgan fingerprint density at radius 3 is 2.59 bits per heavy atom. The fourth-order valence-electron chi connectivity index (χ4n) is 2.77. The van der Waals surface area contributed by atoms with Gasteiger partial charge in [0, 0.05) is 18.7 Å². The average molecular weight is 301 g/mol. The molecule has 0 radical (unpaired) electrons. The maximum atomic E-state index is 11.9. The Balaban J connectivity index is 1.77. The number of hydrogen-bond donors (Lipinski definition) is 1. The molecule has 1 aliphatic rings. The van der Waals surface area contributed by atoms with E-state index in [0.29, 0.717) is 12.6 Å². The lowest BCUT2D eigenvalue weighted by Gasteiger charge is -2.29. The Morgan fingerprint density at radius 1 is 1.23 bits per heavy atom. The summed E-state index contributed by atoms with van der Waals surface area (Å²) in [6, 6.07) is 10.3. The van der Waals surface area contributed by atoms with Crippen LogP contribution in [0.25, 0.3) is 6.08 Å². The Labute approximate surface area is 133 Å². The van der Waals surface area contributed by atoms with Crippen LogP contribution in [0, 0.1) is 0 Å². The summed E-state index contributed by atoms with van der Waals surface area (Å²) in [5, 5.41) is 3.54. The predicted octanol–water partition coefficient (Wildman–Crippen LogP) is 3.94. The van der Waals surface area contributed by atoms with Crippen molar-refractivity contribution in [2.24, 2.45) is 0 Å². The highest BCUT2D eigenvalue weighted by molar-refractivity contribution is 5.87. The molecule has 1 N–H and O–H groups in total. The molecule has 3 heteroatoms. The van der Waals surface area contributed by atoms with E-state index in [1.807, 2.05) is 44.2 Å². The summed E-state index contributed by atoms with van der Waals surface area (Å²) < 4.78 is 5.56. The minimum Gasteiger partial charge on any atom is -0.455 e. The first-order valence-electron chi connectivity index (χ1n) is 8.25. The van der Waals surface area contributed by atoms with Gasteiger partial charge >= 0.3 is 5.97 Å². The van der Waals surface area contributed by atoms with Gasteiger partial charge in [0.1, 0.15) is 5.60 Å². The fourth-order valence-corrected chi connectivity index (χ4v) is 2.77. The molecule has 1 aromatic carbocycles. The van der Waals surface area contributed by atoms with Crippen molar-refractivity contribution in [3.05, 3.63) is 42.0 Å². The van der Waals surface area contributed by atoms with Gasteiger partial charge in [-0.05, 0) is 38.3 Å². The molecule has 0 bridgehead atoms. The Morgan fingerprint density at radius 2 is 1.91 bits per heavy atom. The molecule has 0 spiro atoms. The van der Waals surface area contributed by atoms with Gasteiger partial charge in [0.05, 0.1) is 0 Å². The molecule has 0 atom stereocenters.